The number of rotatable bonds is 10. The molecule has 4 aromatic carbocycles. The van der Waals surface area contributed by atoms with Crippen LogP contribution < -0.4 is 25.1 Å². The van der Waals surface area contributed by atoms with Gasteiger partial charge in [-0.2, -0.15) is 0 Å². The summed E-state index contributed by atoms with van der Waals surface area (Å²) in [6.07, 6.45) is 12.2. The number of aromatic amines is 1. The molecule has 10 heteroatoms. The molecule has 1 spiro atoms. The first-order valence-corrected chi connectivity index (χ1v) is 23.2. The van der Waals surface area contributed by atoms with Crippen molar-refractivity contribution >= 4 is 22.9 Å². The van der Waals surface area contributed by atoms with Gasteiger partial charge >= 0.3 is 0 Å². The number of phenolic OH excluding ortho intramolecular Hbond substituents is 2. The van der Waals surface area contributed by atoms with Gasteiger partial charge in [0.25, 0.3) is 0 Å². The zero-order valence-electron chi connectivity index (χ0n) is 37.2. The number of nitrogens with zero attached hydrogens (tertiary/aromatic N) is 1. The number of aliphatic hydroxyl groups excluding tert-OH is 1. The molecule has 10 nitrogen and oxygen atoms in total. The second-order valence-electron chi connectivity index (χ2n) is 18.6. The van der Waals surface area contributed by atoms with Crippen LogP contribution in [0.1, 0.15) is 86.6 Å². The zero-order valence-corrected chi connectivity index (χ0v) is 37.2. The van der Waals surface area contributed by atoms with Gasteiger partial charge in [0.05, 0.1) is 37.3 Å². The number of H-pyrrole nitrogens is 1. The van der Waals surface area contributed by atoms with Crippen molar-refractivity contribution in [1.82, 2.24) is 10.3 Å². The van der Waals surface area contributed by atoms with E-state index < -0.39 is 17.5 Å². The van der Waals surface area contributed by atoms with Crippen molar-refractivity contribution in [3.8, 4) is 57.3 Å². The lowest BCUT2D eigenvalue weighted by atomic mass is 9.64. The summed E-state index contributed by atoms with van der Waals surface area (Å²) in [6, 6.07) is 28.3. The average molecular weight is 872 g/mol. The summed E-state index contributed by atoms with van der Waals surface area (Å²) < 4.78 is 18.9. The first kappa shape index (κ1) is 42.5. The topological polar surface area (TPSA) is 140 Å². The molecule has 0 radical (unpaired) electrons. The molecule has 4 heterocycles. The van der Waals surface area contributed by atoms with Gasteiger partial charge in [-0.1, -0.05) is 105 Å². The highest BCUT2D eigenvalue weighted by Crippen LogP contribution is 2.62. The maximum absolute atomic E-state index is 14.5. The number of hydrogen-bond acceptors (Lipinski definition) is 9. The molecule has 3 fully saturated rings. The summed E-state index contributed by atoms with van der Waals surface area (Å²) >= 11 is 0. The fraction of sp³-hybridized carbons (Fsp3) is 0.364. The monoisotopic (exact) mass is 871 g/mol. The summed E-state index contributed by atoms with van der Waals surface area (Å²) in [5.41, 5.74) is 6.62. The Labute approximate surface area is 379 Å². The van der Waals surface area contributed by atoms with Gasteiger partial charge < -0.3 is 44.4 Å². The summed E-state index contributed by atoms with van der Waals surface area (Å²) in [4.78, 5) is 21.0. The van der Waals surface area contributed by atoms with E-state index in [2.05, 4.69) is 64.3 Å². The first-order chi connectivity index (χ1) is 31.6. The van der Waals surface area contributed by atoms with Crippen LogP contribution in [0.4, 0.5) is 5.82 Å². The third kappa shape index (κ3) is 7.95. The number of aromatic hydroxyl groups is 2. The van der Waals surface area contributed by atoms with Crippen LogP contribution in [0.25, 0.3) is 39.5 Å². The summed E-state index contributed by atoms with van der Waals surface area (Å²) in [7, 11) is 1.43. The van der Waals surface area contributed by atoms with Crippen LogP contribution in [-0.2, 0) is 11.8 Å². The van der Waals surface area contributed by atoms with Crippen molar-refractivity contribution in [3.05, 3.63) is 130 Å². The number of hydrogen-bond donors (Lipinski definition) is 5. The van der Waals surface area contributed by atoms with Gasteiger partial charge in [0.2, 0.25) is 5.75 Å². The highest BCUT2D eigenvalue weighted by molar-refractivity contribution is 5.94. The molecule has 4 aliphatic rings. The first-order valence-electron chi connectivity index (χ1n) is 23.2. The summed E-state index contributed by atoms with van der Waals surface area (Å²) in [6.45, 7) is 4.74. The number of nitrogens with one attached hydrogen (secondary N) is 2. The molecule has 0 unspecified atom stereocenters. The minimum absolute atomic E-state index is 0.00651. The average Bonchev–Trinajstić information content (AvgIpc) is 4.08. The Kier molecular flexibility index (Phi) is 11.5. The van der Waals surface area contributed by atoms with Gasteiger partial charge in [0, 0.05) is 54.4 Å². The minimum atomic E-state index is -0.840. The number of aromatic nitrogens is 1. The highest BCUT2D eigenvalue weighted by atomic mass is 16.5. The molecule has 2 aromatic heterocycles. The Morgan fingerprint density at radius 3 is 2.52 bits per heavy atom. The lowest BCUT2D eigenvalue weighted by Gasteiger charge is -2.41. The molecule has 4 atom stereocenters. The number of methoxy groups -OCH3 is 1. The number of fused-ring (bicyclic) bond motifs is 8. The van der Waals surface area contributed by atoms with Gasteiger partial charge in [-0.15, -0.1) is 0 Å². The van der Waals surface area contributed by atoms with E-state index in [9.17, 15) is 20.1 Å². The van der Waals surface area contributed by atoms with E-state index >= 15 is 0 Å². The van der Waals surface area contributed by atoms with Gasteiger partial charge in [-0.05, 0) is 84.5 Å². The van der Waals surface area contributed by atoms with E-state index in [1.54, 1.807) is 18.2 Å². The van der Waals surface area contributed by atoms with Gasteiger partial charge in [-0.3, -0.25) is 4.79 Å². The SMILES string of the molecule is COc1c(O)c([C@@H]2C#C[C@@H]3CN(CCN3)c3[nH]c([C@]4(C)CCCC45CCCC5)cc3-c3cccc(c3)C2)c2oc(-c3ccc(O)cc3)cc(=O)c2c1OCC[C@@H](O)/C=C/c1ccccc1. The normalized spacial score (nSPS) is 21.7. The standard InChI is InChI=1S/C55H57N3O7/c1-54(23-9-26-55(54)24-6-7-25-55)46-32-43-38-13-8-12-36(30-38)31-39(15-18-40-34-58(28-27-56-40)53(43)57-46)47-49(62)52(63-2)51(64-29-22-42(60)19-14-35-10-4-3-5-11-35)48-44(61)33-45(65-50(47)48)37-16-20-41(59)21-17-37/h3-5,8,10-14,16-17,19-21,30,32-33,39-40,42,56-57,59-60,62H,6-7,9,22-29,31,34H2,1-2H3/b19-14+/t39-,40-,42+,54+/m1/s1. The van der Waals surface area contributed by atoms with Crippen LogP contribution in [0, 0.1) is 17.3 Å². The smallest absolute Gasteiger partial charge is 0.204 e. The van der Waals surface area contributed by atoms with Crippen molar-refractivity contribution in [2.75, 3.05) is 38.3 Å². The van der Waals surface area contributed by atoms with Gasteiger partial charge in [0.15, 0.2) is 22.5 Å². The molecule has 1 saturated heterocycles. The number of ether oxygens (including phenoxy) is 2. The molecule has 10 rings (SSSR count). The molecule has 0 amide bonds. The van der Waals surface area contributed by atoms with Crippen molar-refractivity contribution in [2.45, 2.75) is 88.2 Å². The third-order valence-electron chi connectivity index (χ3n) is 14.8. The third-order valence-corrected chi connectivity index (χ3v) is 14.8. The minimum Gasteiger partial charge on any atom is -0.508 e. The van der Waals surface area contributed by atoms with E-state index in [1.165, 1.54) is 81.5 Å². The molecule has 4 bridgehead atoms. The Morgan fingerprint density at radius 2 is 1.72 bits per heavy atom. The Bertz CT molecular complexity index is 2860. The number of benzene rings is 4. The number of aliphatic hydroxyl groups is 1. The van der Waals surface area contributed by atoms with E-state index in [0.29, 0.717) is 29.5 Å². The van der Waals surface area contributed by atoms with Crippen LogP contribution in [0.5, 0.6) is 23.0 Å². The van der Waals surface area contributed by atoms with Crippen LogP contribution >= 0.6 is 0 Å². The molecule has 5 N–H and O–H groups in total. The molecule has 6 aromatic rings. The predicted octanol–water partition coefficient (Wildman–Crippen LogP) is 9.84. The lowest BCUT2D eigenvalue weighted by molar-refractivity contribution is 0.173. The predicted molar refractivity (Wildman–Crippen MR) is 256 cm³/mol. The van der Waals surface area contributed by atoms with Crippen LogP contribution in [0.2, 0.25) is 0 Å². The number of piperazine rings is 1. The maximum Gasteiger partial charge on any atom is 0.204 e. The van der Waals surface area contributed by atoms with Gasteiger partial charge in [0.1, 0.15) is 22.7 Å². The Balaban J connectivity index is 1.08. The molecule has 2 saturated carbocycles. The summed E-state index contributed by atoms with van der Waals surface area (Å²) in [5, 5.41) is 37.2. The van der Waals surface area contributed by atoms with Crippen molar-refractivity contribution in [2.24, 2.45) is 5.41 Å². The second kappa shape index (κ2) is 17.5. The maximum atomic E-state index is 14.5. The van der Waals surface area contributed by atoms with Crippen molar-refractivity contribution in [1.29, 1.82) is 0 Å². The van der Waals surface area contributed by atoms with E-state index in [1.807, 2.05) is 36.4 Å². The Morgan fingerprint density at radius 1 is 0.923 bits per heavy atom. The van der Waals surface area contributed by atoms with Crippen LogP contribution in [-0.4, -0.2) is 65.8 Å². The highest BCUT2D eigenvalue weighted by Gasteiger charge is 2.54. The molecule has 2 aliphatic carbocycles. The van der Waals surface area contributed by atoms with Crippen molar-refractivity contribution < 1.29 is 29.2 Å². The molecule has 2 aliphatic heterocycles. The van der Waals surface area contributed by atoms with E-state index in [-0.39, 0.29) is 64.2 Å². The van der Waals surface area contributed by atoms with Gasteiger partial charge in [-0.25, -0.2) is 0 Å². The van der Waals surface area contributed by atoms with Crippen molar-refractivity contribution in [3.63, 3.8) is 0 Å². The summed E-state index contributed by atoms with van der Waals surface area (Å²) in [5.74, 6) is 7.71. The van der Waals surface area contributed by atoms with Crippen LogP contribution in [0.15, 0.2) is 106 Å². The van der Waals surface area contributed by atoms with Crippen LogP contribution in [0.3, 0.4) is 0 Å². The number of phenols is 2. The Hall–Kier alpha value is -6.41. The molecular weight excluding hydrogens is 815 g/mol. The largest absolute Gasteiger partial charge is 0.508 e. The van der Waals surface area contributed by atoms with E-state index in [4.69, 9.17) is 13.9 Å². The molecule has 65 heavy (non-hydrogen) atoms. The second-order valence-corrected chi connectivity index (χ2v) is 18.6. The fourth-order valence-corrected chi connectivity index (χ4v) is 11.3. The molecule has 334 valence electrons. The zero-order chi connectivity index (χ0) is 44.7. The lowest BCUT2D eigenvalue weighted by Crippen LogP contribution is -2.50. The molecular formula is C55H57N3O7. The fourth-order valence-electron chi connectivity index (χ4n) is 11.3. The quantitative estimate of drug-likeness (QED) is 0.0852. The van der Waals surface area contributed by atoms with E-state index in [0.717, 1.165) is 35.6 Å². The number of anilines is 1.